The Labute approximate surface area is 169 Å². The monoisotopic (exact) mass is 420 g/mol. The van der Waals surface area contributed by atoms with Gasteiger partial charge in [0.25, 0.3) is 11.6 Å². The van der Waals surface area contributed by atoms with Gasteiger partial charge in [0.1, 0.15) is 0 Å². The van der Waals surface area contributed by atoms with Gasteiger partial charge in [-0.2, -0.15) is 4.31 Å². The molecule has 1 aromatic carbocycles. The summed E-state index contributed by atoms with van der Waals surface area (Å²) in [5.74, 6) is -0.0924. The number of hydrogen-bond donors (Lipinski definition) is 0. The summed E-state index contributed by atoms with van der Waals surface area (Å²) in [5, 5.41) is 10.8. The van der Waals surface area contributed by atoms with Gasteiger partial charge in [0.05, 0.1) is 15.4 Å². The van der Waals surface area contributed by atoms with Gasteiger partial charge in [-0.1, -0.05) is 0 Å². The molecule has 1 aromatic heterocycles. The molecule has 0 aliphatic carbocycles. The van der Waals surface area contributed by atoms with Crippen LogP contribution < -0.4 is 0 Å². The molecular formula is C19H24N4O5S. The number of hydrogen-bond acceptors (Lipinski definition) is 5. The lowest BCUT2D eigenvalue weighted by Crippen LogP contribution is -2.50. The number of carbonyl (C=O) groups is 1. The molecule has 2 aromatic rings. The Bertz CT molecular complexity index is 1040. The fourth-order valence-electron chi connectivity index (χ4n) is 3.70. The maximum absolute atomic E-state index is 12.9. The Morgan fingerprint density at radius 3 is 2.17 bits per heavy atom. The number of nitro groups is 1. The van der Waals surface area contributed by atoms with Gasteiger partial charge in [-0.15, -0.1) is 0 Å². The summed E-state index contributed by atoms with van der Waals surface area (Å²) in [7, 11) is -3.76. The van der Waals surface area contributed by atoms with Crippen LogP contribution in [0, 0.1) is 24.0 Å². The molecule has 0 spiro atoms. The molecule has 1 aliphatic heterocycles. The van der Waals surface area contributed by atoms with Crippen LogP contribution in [0.1, 0.15) is 28.7 Å². The highest BCUT2D eigenvalue weighted by atomic mass is 32.2. The zero-order valence-corrected chi connectivity index (χ0v) is 17.5. The second-order valence-electron chi connectivity index (χ2n) is 6.98. The van der Waals surface area contributed by atoms with Gasteiger partial charge < -0.3 is 9.47 Å². The number of nitrogens with zero attached hydrogens (tertiary/aromatic N) is 4. The van der Waals surface area contributed by atoms with E-state index in [0.29, 0.717) is 18.7 Å². The number of aromatic nitrogens is 1. The lowest BCUT2D eigenvalue weighted by Gasteiger charge is -2.34. The van der Waals surface area contributed by atoms with Crippen LogP contribution in [-0.4, -0.2) is 59.2 Å². The molecule has 1 amide bonds. The second-order valence-corrected chi connectivity index (χ2v) is 8.91. The molecule has 0 bridgehead atoms. The summed E-state index contributed by atoms with van der Waals surface area (Å²) in [6, 6.07) is 6.71. The Balaban J connectivity index is 1.71. The van der Waals surface area contributed by atoms with Crippen molar-refractivity contribution in [2.24, 2.45) is 0 Å². The largest absolute Gasteiger partial charge is 0.349 e. The molecule has 10 heteroatoms. The molecule has 0 saturated carbocycles. The second kappa shape index (κ2) is 7.96. The van der Waals surface area contributed by atoms with Crippen molar-refractivity contribution in [2.45, 2.75) is 32.2 Å². The van der Waals surface area contributed by atoms with Crippen molar-refractivity contribution in [3.63, 3.8) is 0 Å². The van der Waals surface area contributed by atoms with Crippen LogP contribution in [0.4, 0.5) is 5.69 Å². The van der Waals surface area contributed by atoms with Gasteiger partial charge >= 0.3 is 0 Å². The Morgan fingerprint density at radius 2 is 1.69 bits per heavy atom. The number of non-ortho nitro benzene ring substituents is 1. The highest BCUT2D eigenvalue weighted by molar-refractivity contribution is 7.89. The fourth-order valence-corrected chi connectivity index (χ4v) is 5.12. The minimum absolute atomic E-state index is 0.00867. The number of sulfonamides is 1. The van der Waals surface area contributed by atoms with E-state index in [1.54, 1.807) is 4.90 Å². The number of aryl methyl sites for hydroxylation is 1. The Morgan fingerprint density at radius 1 is 1.10 bits per heavy atom. The van der Waals surface area contributed by atoms with Gasteiger partial charge in [0.2, 0.25) is 10.0 Å². The molecule has 0 N–H and O–H groups in total. The average Bonchev–Trinajstić information content (AvgIpc) is 3.00. The lowest BCUT2D eigenvalue weighted by atomic mass is 10.2. The molecule has 3 rings (SSSR count). The molecule has 156 valence electrons. The molecule has 1 aliphatic rings. The summed E-state index contributed by atoms with van der Waals surface area (Å²) in [6.45, 7) is 7.63. The molecule has 2 heterocycles. The van der Waals surface area contributed by atoms with Crippen molar-refractivity contribution < 1.29 is 18.1 Å². The van der Waals surface area contributed by atoms with E-state index in [-0.39, 0.29) is 29.6 Å². The van der Waals surface area contributed by atoms with Crippen molar-refractivity contribution in [1.82, 2.24) is 13.8 Å². The fraction of sp³-hybridized carbons (Fsp3) is 0.421. The van der Waals surface area contributed by atoms with Crippen molar-refractivity contribution >= 4 is 21.6 Å². The number of benzene rings is 1. The third-order valence-electron chi connectivity index (χ3n) is 5.33. The molecule has 1 fully saturated rings. The molecule has 9 nitrogen and oxygen atoms in total. The van der Waals surface area contributed by atoms with E-state index < -0.39 is 14.9 Å². The number of piperazine rings is 1. The zero-order chi connectivity index (χ0) is 21.3. The number of amides is 1. The highest BCUT2D eigenvalue weighted by Crippen LogP contribution is 2.22. The maximum atomic E-state index is 12.9. The smallest absolute Gasteiger partial charge is 0.269 e. The summed E-state index contributed by atoms with van der Waals surface area (Å²) in [5.41, 5.74) is 2.42. The van der Waals surface area contributed by atoms with Crippen LogP contribution >= 0.6 is 0 Å². The Hall–Kier alpha value is -2.72. The van der Waals surface area contributed by atoms with Gasteiger partial charge in [0, 0.05) is 56.2 Å². The topological polar surface area (TPSA) is 106 Å². The Kier molecular flexibility index (Phi) is 5.76. The molecule has 29 heavy (non-hydrogen) atoms. The van der Waals surface area contributed by atoms with E-state index in [2.05, 4.69) is 4.57 Å². The third kappa shape index (κ3) is 3.90. The minimum Gasteiger partial charge on any atom is -0.349 e. The zero-order valence-electron chi connectivity index (χ0n) is 16.7. The van der Waals surface area contributed by atoms with Crippen LogP contribution in [-0.2, 0) is 16.6 Å². The van der Waals surface area contributed by atoms with Crippen molar-refractivity contribution in [1.29, 1.82) is 0 Å². The van der Waals surface area contributed by atoms with E-state index in [1.807, 2.05) is 26.8 Å². The summed E-state index contributed by atoms with van der Waals surface area (Å²) in [4.78, 5) is 24.8. The van der Waals surface area contributed by atoms with Crippen LogP contribution in [0.2, 0.25) is 0 Å². The van der Waals surface area contributed by atoms with Crippen molar-refractivity contribution in [3.8, 4) is 0 Å². The average molecular weight is 420 g/mol. The standard InChI is InChI=1S/C19H24N4O5S/c1-4-22-14(2)13-18(15(22)3)19(24)20-9-11-21(12-10-20)29(27,28)17-7-5-16(6-8-17)23(25)26/h5-8,13H,4,9-12H2,1-3H3. The lowest BCUT2D eigenvalue weighted by molar-refractivity contribution is -0.384. The highest BCUT2D eigenvalue weighted by Gasteiger charge is 2.31. The van der Waals surface area contributed by atoms with E-state index in [0.717, 1.165) is 17.9 Å². The summed E-state index contributed by atoms with van der Waals surface area (Å²) in [6.07, 6.45) is 0. The van der Waals surface area contributed by atoms with Gasteiger partial charge in [-0.3, -0.25) is 14.9 Å². The van der Waals surface area contributed by atoms with Gasteiger partial charge in [-0.25, -0.2) is 8.42 Å². The molecule has 0 unspecified atom stereocenters. The SMILES string of the molecule is CCn1c(C)cc(C(=O)N2CCN(S(=O)(=O)c3ccc([N+](=O)[O-])cc3)CC2)c1C. The van der Waals surface area contributed by atoms with E-state index in [1.165, 1.54) is 28.6 Å². The first-order chi connectivity index (χ1) is 13.7. The van der Waals surface area contributed by atoms with Crippen LogP contribution in [0.15, 0.2) is 35.2 Å². The van der Waals surface area contributed by atoms with Crippen LogP contribution in [0.3, 0.4) is 0 Å². The third-order valence-corrected chi connectivity index (χ3v) is 7.24. The first-order valence-corrected chi connectivity index (χ1v) is 10.8. The summed E-state index contributed by atoms with van der Waals surface area (Å²) >= 11 is 0. The normalized spacial score (nSPS) is 15.5. The van der Waals surface area contributed by atoms with Gasteiger partial charge in [-0.05, 0) is 39.0 Å². The number of rotatable bonds is 5. The quantitative estimate of drug-likeness (QED) is 0.544. The predicted molar refractivity (Wildman–Crippen MR) is 107 cm³/mol. The van der Waals surface area contributed by atoms with Gasteiger partial charge in [0.15, 0.2) is 0 Å². The van der Waals surface area contributed by atoms with Crippen LogP contribution in [0.25, 0.3) is 0 Å². The molecule has 0 radical (unpaired) electrons. The van der Waals surface area contributed by atoms with E-state index in [4.69, 9.17) is 0 Å². The first-order valence-electron chi connectivity index (χ1n) is 9.37. The summed E-state index contributed by atoms with van der Waals surface area (Å²) < 4.78 is 29.0. The maximum Gasteiger partial charge on any atom is 0.269 e. The van der Waals surface area contributed by atoms with E-state index in [9.17, 15) is 23.3 Å². The molecular weight excluding hydrogens is 396 g/mol. The van der Waals surface area contributed by atoms with E-state index >= 15 is 0 Å². The minimum atomic E-state index is -3.76. The van der Waals surface area contributed by atoms with Crippen molar-refractivity contribution in [2.75, 3.05) is 26.2 Å². The molecule has 0 atom stereocenters. The van der Waals surface area contributed by atoms with Crippen molar-refractivity contribution in [3.05, 3.63) is 57.4 Å². The predicted octanol–water partition coefficient (Wildman–Crippen LogP) is 2.18. The number of nitro benzene ring substituents is 1. The van der Waals surface area contributed by atoms with Crippen LogP contribution in [0.5, 0.6) is 0 Å². The first kappa shape index (κ1) is 21.0. The molecule has 1 saturated heterocycles. The number of carbonyl (C=O) groups excluding carboxylic acids is 1.